The van der Waals surface area contributed by atoms with E-state index in [1.807, 2.05) is 0 Å². The highest BCUT2D eigenvalue weighted by atomic mass is 16.2. The lowest BCUT2D eigenvalue weighted by Crippen LogP contribution is -2.12. The Labute approximate surface area is 169 Å². The summed E-state index contributed by atoms with van der Waals surface area (Å²) in [5.74, 6) is 0. The average molecular weight is 374 g/mol. The van der Waals surface area contributed by atoms with Gasteiger partial charge in [-0.25, -0.2) is 0 Å². The minimum Gasteiger partial charge on any atom is -0.396 e. The minimum absolute atomic E-state index is 0.176. The molecule has 0 aliphatic rings. The Morgan fingerprint density at radius 2 is 1.00 bits per heavy atom. The summed E-state index contributed by atoms with van der Waals surface area (Å²) in [7, 11) is 0. The van der Waals surface area contributed by atoms with E-state index in [0.29, 0.717) is 6.42 Å². The molecule has 0 radical (unpaired) electrons. The van der Waals surface area contributed by atoms with Crippen LogP contribution in [0.3, 0.4) is 0 Å². The van der Waals surface area contributed by atoms with Crippen LogP contribution in [0.5, 0.6) is 0 Å². The van der Waals surface area contributed by atoms with Crippen molar-refractivity contribution in [2.75, 3.05) is 11.5 Å². The highest BCUT2D eigenvalue weighted by molar-refractivity contribution is 5.78. The van der Waals surface area contributed by atoms with Crippen LogP contribution in [-0.4, -0.2) is 11.7 Å². The van der Waals surface area contributed by atoms with Gasteiger partial charge < -0.3 is 10.0 Å². The van der Waals surface area contributed by atoms with Gasteiger partial charge in [-0.15, -0.1) is 0 Å². The Morgan fingerprint density at radius 1 is 0.607 bits per heavy atom. The standard InChI is InChI=1S/C26H31NO/c1-17-13-25(14-18(2)21(17)5)27(24-9-7-23(8-10-24)11-12-28)26-15-19(3)22(6)20(4)16-26/h7-10,13-16,28H,11-12H2,1-6H3. The third-order valence-corrected chi connectivity index (χ3v) is 5.93. The summed E-state index contributed by atoms with van der Waals surface area (Å²) in [6.07, 6.45) is 0.686. The molecule has 0 aromatic heterocycles. The summed E-state index contributed by atoms with van der Waals surface area (Å²) >= 11 is 0. The Bertz CT molecular complexity index is 882. The SMILES string of the molecule is Cc1cc(N(c2ccc(CCO)cc2)c2cc(C)c(C)c(C)c2)cc(C)c1C. The fourth-order valence-corrected chi connectivity index (χ4v) is 3.67. The van der Waals surface area contributed by atoms with Gasteiger partial charge >= 0.3 is 0 Å². The van der Waals surface area contributed by atoms with Crippen LogP contribution in [-0.2, 0) is 6.42 Å². The van der Waals surface area contributed by atoms with Gasteiger partial charge in [0.15, 0.2) is 0 Å². The number of anilines is 3. The zero-order valence-corrected chi connectivity index (χ0v) is 17.9. The Kier molecular flexibility index (Phi) is 5.90. The maximum atomic E-state index is 9.22. The van der Waals surface area contributed by atoms with E-state index in [0.717, 1.165) is 11.3 Å². The molecule has 0 fully saturated rings. The molecular formula is C26H31NO. The number of nitrogens with zero attached hydrogens (tertiary/aromatic N) is 1. The largest absolute Gasteiger partial charge is 0.396 e. The van der Waals surface area contributed by atoms with Crippen molar-refractivity contribution >= 4 is 17.1 Å². The lowest BCUT2D eigenvalue weighted by Gasteiger charge is -2.28. The van der Waals surface area contributed by atoms with Crippen LogP contribution in [0.15, 0.2) is 48.5 Å². The Balaban J connectivity index is 2.19. The summed E-state index contributed by atoms with van der Waals surface area (Å²) in [6.45, 7) is 13.3. The summed E-state index contributed by atoms with van der Waals surface area (Å²) in [6, 6.07) is 17.6. The summed E-state index contributed by atoms with van der Waals surface area (Å²) in [5, 5.41) is 9.22. The predicted octanol–water partition coefficient (Wildman–Crippen LogP) is 6.54. The number of aryl methyl sites for hydroxylation is 4. The maximum Gasteiger partial charge on any atom is 0.0471 e. The number of rotatable bonds is 5. The van der Waals surface area contributed by atoms with E-state index in [9.17, 15) is 5.11 Å². The molecule has 0 aliphatic carbocycles. The molecular weight excluding hydrogens is 342 g/mol. The fourth-order valence-electron chi connectivity index (χ4n) is 3.67. The number of aliphatic hydroxyl groups excluding tert-OH is 1. The van der Waals surface area contributed by atoms with E-state index >= 15 is 0 Å². The molecule has 0 saturated carbocycles. The van der Waals surface area contributed by atoms with Crippen LogP contribution >= 0.6 is 0 Å². The van der Waals surface area contributed by atoms with Crippen molar-refractivity contribution < 1.29 is 5.11 Å². The van der Waals surface area contributed by atoms with Crippen LogP contribution in [0, 0.1) is 41.5 Å². The van der Waals surface area contributed by atoms with Crippen LogP contribution in [0.4, 0.5) is 17.1 Å². The normalized spacial score (nSPS) is 11.0. The molecule has 1 N–H and O–H groups in total. The molecule has 0 bridgehead atoms. The van der Waals surface area contributed by atoms with E-state index in [-0.39, 0.29) is 6.61 Å². The first-order chi connectivity index (χ1) is 13.3. The zero-order valence-electron chi connectivity index (χ0n) is 17.9. The van der Waals surface area contributed by atoms with Gasteiger partial charge in [-0.3, -0.25) is 0 Å². The summed E-state index contributed by atoms with van der Waals surface area (Å²) in [5.41, 5.74) is 12.5. The first kappa shape index (κ1) is 20.2. The molecule has 3 aromatic carbocycles. The van der Waals surface area contributed by atoms with E-state index < -0.39 is 0 Å². The monoisotopic (exact) mass is 373 g/mol. The van der Waals surface area contributed by atoms with Gasteiger partial charge in [0.2, 0.25) is 0 Å². The minimum atomic E-state index is 0.176. The lowest BCUT2D eigenvalue weighted by molar-refractivity contribution is 0.299. The van der Waals surface area contributed by atoms with Gasteiger partial charge in [-0.2, -0.15) is 0 Å². The highest BCUT2D eigenvalue weighted by Crippen LogP contribution is 2.38. The van der Waals surface area contributed by atoms with Crippen molar-refractivity contribution in [2.24, 2.45) is 0 Å². The third kappa shape index (κ3) is 3.98. The quantitative estimate of drug-likeness (QED) is 0.549. The first-order valence-electron chi connectivity index (χ1n) is 9.97. The van der Waals surface area contributed by atoms with Crippen molar-refractivity contribution in [2.45, 2.75) is 48.0 Å². The van der Waals surface area contributed by atoms with Crippen molar-refractivity contribution in [3.63, 3.8) is 0 Å². The molecule has 0 amide bonds. The summed E-state index contributed by atoms with van der Waals surface area (Å²) in [4.78, 5) is 2.33. The number of hydrogen-bond donors (Lipinski definition) is 1. The number of benzene rings is 3. The second-order valence-electron chi connectivity index (χ2n) is 7.88. The zero-order chi connectivity index (χ0) is 20.4. The van der Waals surface area contributed by atoms with Crippen molar-refractivity contribution in [3.8, 4) is 0 Å². The second kappa shape index (κ2) is 8.20. The van der Waals surface area contributed by atoms with Crippen LogP contribution < -0.4 is 4.90 Å². The van der Waals surface area contributed by atoms with Crippen LogP contribution in [0.1, 0.15) is 38.9 Å². The molecule has 2 nitrogen and oxygen atoms in total. The maximum absolute atomic E-state index is 9.22. The second-order valence-corrected chi connectivity index (χ2v) is 7.88. The molecule has 0 heterocycles. The molecule has 2 heteroatoms. The molecule has 3 aromatic rings. The van der Waals surface area contributed by atoms with Gasteiger partial charge in [0.05, 0.1) is 0 Å². The van der Waals surface area contributed by atoms with E-state index in [2.05, 4.69) is 95.0 Å². The predicted molar refractivity (Wildman–Crippen MR) is 120 cm³/mol. The third-order valence-electron chi connectivity index (χ3n) is 5.93. The first-order valence-corrected chi connectivity index (χ1v) is 9.97. The van der Waals surface area contributed by atoms with Gasteiger partial charge in [-0.1, -0.05) is 12.1 Å². The molecule has 28 heavy (non-hydrogen) atoms. The van der Waals surface area contributed by atoms with Crippen LogP contribution in [0.2, 0.25) is 0 Å². The Morgan fingerprint density at radius 3 is 1.36 bits per heavy atom. The molecule has 0 unspecified atom stereocenters. The van der Waals surface area contributed by atoms with Gasteiger partial charge in [0.25, 0.3) is 0 Å². The molecule has 3 rings (SSSR count). The highest BCUT2D eigenvalue weighted by Gasteiger charge is 2.16. The van der Waals surface area contributed by atoms with Crippen molar-refractivity contribution in [1.82, 2.24) is 0 Å². The molecule has 0 spiro atoms. The number of hydrogen-bond acceptors (Lipinski definition) is 2. The van der Waals surface area contributed by atoms with Crippen LogP contribution in [0.25, 0.3) is 0 Å². The Hall–Kier alpha value is -2.58. The van der Waals surface area contributed by atoms with Gasteiger partial charge in [0, 0.05) is 23.7 Å². The van der Waals surface area contributed by atoms with Gasteiger partial charge in [0.1, 0.15) is 0 Å². The average Bonchev–Trinajstić information content (AvgIpc) is 2.66. The molecule has 0 aliphatic heterocycles. The van der Waals surface area contributed by atoms with E-state index in [1.165, 1.54) is 44.8 Å². The molecule has 146 valence electrons. The lowest BCUT2D eigenvalue weighted by atomic mass is 10.00. The molecule has 0 atom stereocenters. The van der Waals surface area contributed by atoms with Crippen molar-refractivity contribution in [3.05, 3.63) is 87.5 Å². The molecule has 0 saturated heterocycles. The number of aliphatic hydroxyl groups is 1. The summed E-state index contributed by atoms with van der Waals surface area (Å²) < 4.78 is 0. The van der Waals surface area contributed by atoms with E-state index in [4.69, 9.17) is 0 Å². The fraction of sp³-hybridized carbons (Fsp3) is 0.308. The smallest absolute Gasteiger partial charge is 0.0471 e. The van der Waals surface area contributed by atoms with E-state index in [1.54, 1.807) is 0 Å². The van der Waals surface area contributed by atoms with Gasteiger partial charge in [-0.05, 0) is 123 Å². The topological polar surface area (TPSA) is 23.5 Å². The van der Waals surface area contributed by atoms with Crippen molar-refractivity contribution in [1.29, 1.82) is 0 Å².